The first-order chi connectivity index (χ1) is 8.02. The summed E-state index contributed by atoms with van der Waals surface area (Å²) in [4.78, 5) is 9.34. The Morgan fingerprint density at radius 2 is 2.24 bits per heavy atom. The van der Waals surface area contributed by atoms with Crippen molar-refractivity contribution < 1.29 is 8.78 Å². The van der Waals surface area contributed by atoms with Crippen molar-refractivity contribution in [2.75, 3.05) is 13.6 Å². The van der Waals surface area contributed by atoms with Gasteiger partial charge < -0.3 is 4.90 Å². The normalized spacial score (nSPS) is 12.0. The van der Waals surface area contributed by atoms with Crippen LogP contribution in [0.1, 0.15) is 12.5 Å². The van der Waals surface area contributed by atoms with Crippen molar-refractivity contribution in [3.05, 3.63) is 29.0 Å². The summed E-state index contributed by atoms with van der Waals surface area (Å²) in [5.74, 6) is 0.570. The molecule has 0 saturated heterocycles. The lowest BCUT2D eigenvalue weighted by molar-refractivity contribution is 0.113. The predicted octanol–water partition coefficient (Wildman–Crippen LogP) is 2.85. The van der Waals surface area contributed by atoms with Crippen molar-refractivity contribution in [3.63, 3.8) is 0 Å². The van der Waals surface area contributed by atoms with Crippen molar-refractivity contribution in [1.29, 1.82) is 0 Å². The van der Waals surface area contributed by atoms with Gasteiger partial charge in [0.25, 0.3) is 6.43 Å². The second-order valence-corrected chi connectivity index (χ2v) is 3.92. The molecule has 94 valence electrons. The Kier molecular flexibility index (Phi) is 5.28. The van der Waals surface area contributed by atoms with E-state index in [4.69, 9.17) is 11.6 Å². The van der Waals surface area contributed by atoms with Gasteiger partial charge in [0.1, 0.15) is 5.15 Å². The largest absolute Gasteiger partial charge is 0.351 e. The lowest BCUT2D eigenvalue weighted by Gasteiger charge is -2.23. The molecule has 0 atom stereocenters. The fraction of sp³-hybridized carbons (Fsp3) is 0.455. The average molecular weight is 262 g/mol. The van der Waals surface area contributed by atoms with Gasteiger partial charge in [-0.05, 0) is 18.6 Å². The third-order valence-corrected chi connectivity index (χ3v) is 2.53. The number of amidine groups is 1. The highest BCUT2D eigenvalue weighted by molar-refractivity contribution is 6.29. The van der Waals surface area contributed by atoms with Crippen LogP contribution in [0.2, 0.25) is 5.15 Å². The van der Waals surface area contributed by atoms with Gasteiger partial charge in [-0.25, -0.2) is 13.8 Å². The van der Waals surface area contributed by atoms with Crippen LogP contribution < -0.4 is 0 Å². The van der Waals surface area contributed by atoms with Crippen LogP contribution in [0.4, 0.5) is 8.78 Å². The molecule has 0 aliphatic carbocycles. The summed E-state index contributed by atoms with van der Waals surface area (Å²) in [7, 11) is 1.58. The van der Waals surface area contributed by atoms with Crippen LogP contribution in [0.15, 0.2) is 23.3 Å². The summed E-state index contributed by atoms with van der Waals surface area (Å²) in [6, 6.07) is 3.40. The SMILES string of the molecule is CN=C(C)N(Cc1ccc(Cl)nc1)CC(F)F. The molecule has 0 aliphatic heterocycles. The van der Waals surface area contributed by atoms with E-state index in [0.29, 0.717) is 17.5 Å². The minimum absolute atomic E-state index is 0.341. The van der Waals surface area contributed by atoms with Crippen molar-refractivity contribution in [2.24, 2.45) is 4.99 Å². The molecule has 0 radical (unpaired) electrons. The van der Waals surface area contributed by atoms with Crippen LogP contribution in [0.25, 0.3) is 0 Å². The van der Waals surface area contributed by atoms with E-state index in [0.717, 1.165) is 5.56 Å². The number of halogens is 3. The van der Waals surface area contributed by atoms with E-state index in [1.165, 1.54) is 4.90 Å². The van der Waals surface area contributed by atoms with Crippen molar-refractivity contribution in [3.8, 4) is 0 Å². The van der Waals surface area contributed by atoms with Crippen LogP contribution in [0.5, 0.6) is 0 Å². The van der Waals surface area contributed by atoms with Crippen LogP contribution in [-0.4, -0.2) is 35.7 Å². The molecule has 0 unspecified atom stereocenters. The van der Waals surface area contributed by atoms with Gasteiger partial charge in [0.05, 0.1) is 12.4 Å². The number of nitrogens with zero attached hydrogens (tertiary/aromatic N) is 3. The quantitative estimate of drug-likeness (QED) is 0.474. The monoisotopic (exact) mass is 261 g/mol. The molecule has 0 spiro atoms. The molecule has 0 fully saturated rings. The number of hydrogen-bond donors (Lipinski definition) is 0. The van der Waals surface area contributed by atoms with Crippen molar-refractivity contribution >= 4 is 17.4 Å². The second kappa shape index (κ2) is 6.49. The maximum atomic E-state index is 12.4. The summed E-state index contributed by atoms with van der Waals surface area (Å²) in [6.45, 7) is 1.70. The van der Waals surface area contributed by atoms with Gasteiger partial charge in [0.2, 0.25) is 0 Å². The molecule has 0 aliphatic rings. The van der Waals surface area contributed by atoms with Crippen molar-refractivity contribution in [1.82, 2.24) is 9.88 Å². The predicted molar refractivity (Wildman–Crippen MR) is 64.7 cm³/mol. The molecule has 1 rings (SSSR count). The zero-order chi connectivity index (χ0) is 12.8. The van der Waals surface area contributed by atoms with Crippen LogP contribution >= 0.6 is 11.6 Å². The Morgan fingerprint density at radius 3 is 2.71 bits per heavy atom. The average Bonchev–Trinajstić information content (AvgIpc) is 2.29. The zero-order valence-corrected chi connectivity index (χ0v) is 10.5. The third-order valence-electron chi connectivity index (χ3n) is 2.30. The standard InChI is InChI=1S/C11H14ClF2N3/c1-8(15-2)17(7-11(13)14)6-9-3-4-10(12)16-5-9/h3-5,11H,6-7H2,1-2H3. The number of aliphatic imine (C=N–C) groups is 1. The van der Waals surface area contributed by atoms with E-state index in [-0.39, 0.29) is 6.54 Å². The molecule has 1 aromatic heterocycles. The second-order valence-electron chi connectivity index (χ2n) is 3.53. The topological polar surface area (TPSA) is 28.5 Å². The van der Waals surface area contributed by atoms with Gasteiger partial charge in [-0.3, -0.25) is 4.99 Å². The summed E-state index contributed by atoms with van der Waals surface area (Å²) >= 11 is 5.65. The molecule has 0 N–H and O–H groups in total. The highest BCUT2D eigenvalue weighted by Crippen LogP contribution is 2.10. The molecule has 3 nitrogen and oxygen atoms in total. The zero-order valence-electron chi connectivity index (χ0n) is 9.70. The lowest BCUT2D eigenvalue weighted by Crippen LogP contribution is -2.32. The third kappa shape index (κ3) is 4.65. The molecule has 17 heavy (non-hydrogen) atoms. The summed E-state index contributed by atoms with van der Waals surface area (Å²) in [6.07, 6.45) is -0.823. The number of alkyl halides is 2. The molecule has 0 aromatic carbocycles. The highest BCUT2D eigenvalue weighted by atomic mass is 35.5. The molecular weight excluding hydrogens is 248 g/mol. The van der Waals surface area contributed by atoms with Gasteiger partial charge in [-0.15, -0.1) is 0 Å². The van der Waals surface area contributed by atoms with Gasteiger partial charge in [0.15, 0.2) is 0 Å². The van der Waals surface area contributed by atoms with Gasteiger partial charge >= 0.3 is 0 Å². The fourth-order valence-corrected chi connectivity index (χ4v) is 1.45. The van der Waals surface area contributed by atoms with E-state index in [9.17, 15) is 8.78 Å². The summed E-state index contributed by atoms with van der Waals surface area (Å²) in [5, 5.41) is 0.384. The highest BCUT2D eigenvalue weighted by Gasteiger charge is 2.13. The minimum Gasteiger partial charge on any atom is -0.351 e. The van der Waals surface area contributed by atoms with Crippen molar-refractivity contribution in [2.45, 2.75) is 19.9 Å². The first kappa shape index (κ1) is 13.8. The number of hydrogen-bond acceptors (Lipinski definition) is 2. The molecular formula is C11H14ClF2N3. The lowest BCUT2D eigenvalue weighted by atomic mass is 10.2. The maximum Gasteiger partial charge on any atom is 0.255 e. The first-order valence-electron chi connectivity index (χ1n) is 5.10. The Bertz CT molecular complexity index is 379. The summed E-state index contributed by atoms with van der Waals surface area (Å²) < 4.78 is 24.8. The molecule has 0 saturated carbocycles. The smallest absolute Gasteiger partial charge is 0.255 e. The van der Waals surface area contributed by atoms with E-state index in [2.05, 4.69) is 9.98 Å². The van der Waals surface area contributed by atoms with E-state index >= 15 is 0 Å². The fourth-order valence-electron chi connectivity index (χ4n) is 1.34. The molecule has 1 aromatic rings. The summed E-state index contributed by atoms with van der Waals surface area (Å²) in [5.41, 5.74) is 0.818. The van der Waals surface area contributed by atoms with Gasteiger partial charge in [0, 0.05) is 19.8 Å². The Labute approximate surface area is 104 Å². The first-order valence-corrected chi connectivity index (χ1v) is 5.47. The molecule has 1 heterocycles. The minimum atomic E-state index is -2.40. The number of aromatic nitrogens is 1. The van der Waals surface area contributed by atoms with Crippen LogP contribution in [0.3, 0.4) is 0 Å². The molecule has 0 amide bonds. The van der Waals surface area contributed by atoms with E-state index < -0.39 is 6.43 Å². The Morgan fingerprint density at radius 1 is 1.53 bits per heavy atom. The molecule has 0 bridgehead atoms. The van der Waals surface area contributed by atoms with Crippen LogP contribution in [-0.2, 0) is 6.54 Å². The molecule has 6 heteroatoms. The van der Waals surface area contributed by atoms with Gasteiger partial charge in [-0.2, -0.15) is 0 Å². The van der Waals surface area contributed by atoms with E-state index in [1.807, 2.05) is 0 Å². The maximum absolute atomic E-state index is 12.4. The van der Waals surface area contributed by atoms with Gasteiger partial charge in [-0.1, -0.05) is 17.7 Å². The number of pyridine rings is 1. The Balaban J connectivity index is 2.75. The van der Waals surface area contributed by atoms with E-state index in [1.54, 1.807) is 32.3 Å². The Hall–Kier alpha value is -1.23. The number of rotatable bonds is 4. The van der Waals surface area contributed by atoms with Crippen LogP contribution in [0, 0.1) is 0 Å².